The van der Waals surface area contributed by atoms with Crippen LogP contribution < -0.4 is 0 Å². The summed E-state index contributed by atoms with van der Waals surface area (Å²) in [5, 5.41) is -0.537. The van der Waals surface area contributed by atoms with E-state index >= 15 is 0 Å². The van der Waals surface area contributed by atoms with E-state index in [1.54, 1.807) is 0 Å². The fourth-order valence-corrected chi connectivity index (χ4v) is 1.10. The zero-order valence-corrected chi connectivity index (χ0v) is 6.95. The lowest BCUT2D eigenvalue weighted by atomic mass is 10.2. The molecule has 0 spiro atoms. The van der Waals surface area contributed by atoms with Crippen molar-refractivity contribution in [1.29, 1.82) is 0 Å². The predicted octanol–water partition coefficient (Wildman–Crippen LogP) is 3.91. The highest BCUT2D eigenvalue weighted by Crippen LogP contribution is 2.38. The van der Waals surface area contributed by atoms with Crippen molar-refractivity contribution in [3.05, 3.63) is 40.2 Å². The molecule has 0 aliphatic carbocycles. The molecule has 0 aliphatic heterocycles. The summed E-state index contributed by atoms with van der Waals surface area (Å²) in [6, 6.07) is 3.24. The summed E-state index contributed by atoms with van der Waals surface area (Å²) in [6.07, 6.45) is -4.50. The molecule has 1 rings (SSSR count). The van der Waals surface area contributed by atoms with Crippen LogP contribution in [0.4, 0.5) is 18.9 Å². The van der Waals surface area contributed by atoms with Gasteiger partial charge in [-0.15, -0.1) is 0 Å². The molecule has 0 radical (unpaired) electrons. The van der Waals surface area contributed by atoms with Gasteiger partial charge in [-0.05, 0) is 0 Å². The van der Waals surface area contributed by atoms with Crippen LogP contribution in [-0.2, 0) is 6.18 Å². The number of rotatable bonds is 0. The van der Waals surface area contributed by atoms with Crippen LogP contribution in [0.3, 0.4) is 0 Å². The van der Waals surface area contributed by atoms with Crippen LogP contribution in [0.1, 0.15) is 5.56 Å². The molecule has 0 bridgehead atoms. The van der Waals surface area contributed by atoms with E-state index < -0.39 is 16.8 Å². The molecule has 0 saturated heterocycles. The van der Waals surface area contributed by atoms with Gasteiger partial charge in [0, 0.05) is 0 Å². The first-order chi connectivity index (χ1) is 5.96. The molecule has 0 amide bonds. The Hall–Kier alpha value is -1.21. The van der Waals surface area contributed by atoms with Crippen LogP contribution in [0.5, 0.6) is 0 Å². The number of hydrogen-bond acceptors (Lipinski definition) is 0. The normalized spacial score (nSPS) is 11.0. The summed E-state index contributed by atoms with van der Waals surface area (Å²) in [7, 11) is 0. The first kappa shape index (κ1) is 9.87. The lowest BCUT2D eigenvalue weighted by Crippen LogP contribution is -2.05. The molecular weight excluding hydrogens is 203 g/mol. The minimum absolute atomic E-state index is 0.184. The number of nitrogens with zero attached hydrogens (tertiary/aromatic N) is 1. The molecule has 0 N–H and O–H groups in total. The summed E-state index contributed by atoms with van der Waals surface area (Å²) in [4.78, 5) is 2.86. The molecule has 0 heterocycles. The fraction of sp³-hybridized carbons (Fsp3) is 0.125. The van der Waals surface area contributed by atoms with Crippen molar-refractivity contribution in [3.8, 4) is 0 Å². The van der Waals surface area contributed by atoms with Crippen molar-refractivity contribution < 1.29 is 13.2 Å². The zero-order valence-electron chi connectivity index (χ0n) is 6.19. The Labute approximate surface area is 77.6 Å². The van der Waals surface area contributed by atoms with Gasteiger partial charge in [0.05, 0.1) is 17.2 Å². The quantitative estimate of drug-likeness (QED) is 0.566. The van der Waals surface area contributed by atoms with Crippen molar-refractivity contribution in [2.75, 3.05) is 0 Å². The van der Waals surface area contributed by atoms with E-state index in [4.69, 9.17) is 18.2 Å². The summed E-state index contributed by atoms with van der Waals surface area (Å²) >= 11 is 5.36. The van der Waals surface area contributed by atoms with Gasteiger partial charge in [-0.1, -0.05) is 29.8 Å². The fourth-order valence-electron chi connectivity index (χ4n) is 0.825. The van der Waals surface area contributed by atoms with Gasteiger partial charge in [0.1, 0.15) is 0 Å². The van der Waals surface area contributed by atoms with E-state index in [-0.39, 0.29) is 5.69 Å². The van der Waals surface area contributed by atoms with E-state index in [1.807, 2.05) is 0 Å². The third kappa shape index (κ3) is 1.93. The average molecular weight is 206 g/mol. The average Bonchev–Trinajstić information content (AvgIpc) is 2.02. The SMILES string of the molecule is [C-]#[N+]c1cccc(C(F)(F)F)c1Cl. The van der Waals surface area contributed by atoms with Gasteiger partial charge >= 0.3 is 6.18 Å². The Morgan fingerprint density at radius 3 is 2.38 bits per heavy atom. The monoisotopic (exact) mass is 205 g/mol. The maximum atomic E-state index is 12.2. The van der Waals surface area contributed by atoms with E-state index in [0.717, 1.165) is 12.1 Å². The van der Waals surface area contributed by atoms with Gasteiger partial charge in [0.2, 0.25) is 5.69 Å². The second-order valence-electron chi connectivity index (χ2n) is 2.25. The molecule has 0 aliphatic rings. The van der Waals surface area contributed by atoms with Crippen LogP contribution >= 0.6 is 11.6 Å². The minimum Gasteiger partial charge on any atom is -0.237 e. The van der Waals surface area contributed by atoms with E-state index in [9.17, 15) is 13.2 Å². The van der Waals surface area contributed by atoms with Gasteiger partial charge in [-0.3, -0.25) is 0 Å². The van der Waals surface area contributed by atoms with Crippen molar-refractivity contribution in [1.82, 2.24) is 0 Å². The molecule has 0 unspecified atom stereocenters. The van der Waals surface area contributed by atoms with Crippen molar-refractivity contribution >= 4 is 17.3 Å². The molecule has 0 fully saturated rings. The Morgan fingerprint density at radius 2 is 1.92 bits per heavy atom. The first-order valence-corrected chi connectivity index (χ1v) is 3.58. The third-order valence-corrected chi connectivity index (χ3v) is 1.80. The maximum absolute atomic E-state index is 12.2. The standard InChI is InChI=1S/C8H3ClF3N/c1-13-6-4-2-3-5(7(6)9)8(10,11)12/h2-4H. The van der Waals surface area contributed by atoms with E-state index in [1.165, 1.54) is 6.07 Å². The van der Waals surface area contributed by atoms with Crippen molar-refractivity contribution in [2.24, 2.45) is 0 Å². The van der Waals surface area contributed by atoms with Crippen LogP contribution in [0.15, 0.2) is 18.2 Å². The van der Waals surface area contributed by atoms with Gasteiger partial charge in [-0.25, -0.2) is 4.85 Å². The van der Waals surface area contributed by atoms with Crippen LogP contribution in [-0.4, -0.2) is 0 Å². The zero-order chi connectivity index (χ0) is 10.1. The second kappa shape index (κ2) is 3.27. The largest absolute Gasteiger partial charge is 0.416 e. The molecule has 0 atom stereocenters. The van der Waals surface area contributed by atoms with E-state index in [2.05, 4.69) is 4.85 Å². The molecule has 0 aromatic heterocycles. The maximum Gasteiger partial charge on any atom is 0.416 e. The Balaban J connectivity index is 3.34. The molecule has 1 nitrogen and oxygen atoms in total. The highest BCUT2D eigenvalue weighted by atomic mass is 35.5. The number of benzene rings is 1. The van der Waals surface area contributed by atoms with E-state index in [0.29, 0.717) is 0 Å². The van der Waals surface area contributed by atoms with Crippen LogP contribution in [0, 0.1) is 6.57 Å². The lowest BCUT2D eigenvalue weighted by Gasteiger charge is -2.08. The summed E-state index contributed by atoms with van der Waals surface area (Å²) in [5.74, 6) is 0. The van der Waals surface area contributed by atoms with Crippen LogP contribution in [0.25, 0.3) is 4.85 Å². The van der Waals surface area contributed by atoms with Crippen molar-refractivity contribution in [2.45, 2.75) is 6.18 Å². The topological polar surface area (TPSA) is 4.36 Å². The Morgan fingerprint density at radius 1 is 1.31 bits per heavy atom. The second-order valence-corrected chi connectivity index (χ2v) is 2.63. The number of hydrogen-bond donors (Lipinski definition) is 0. The van der Waals surface area contributed by atoms with Gasteiger partial charge in [0.15, 0.2) is 0 Å². The summed E-state index contributed by atoms with van der Waals surface area (Å²) in [6.45, 7) is 6.56. The highest BCUT2D eigenvalue weighted by molar-refractivity contribution is 6.34. The first-order valence-electron chi connectivity index (χ1n) is 3.20. The highest BCUT2D eigenvalue weighted by Gasteiger charge is 2.33. The summed E-state index contributed by atoms with van der Waals surface area (Å²) in [5.41, 5.74) is -1.15. The van der Waals surface area contributed by atoms with Crippen LogP contribution in [0.2, 0.25) is 5.02 Å². The minimum atomic E-state index is -4.50. The lowest BCUT2D eigenvalue weighted by molar-refractivity contribution is -0.137. The number of halogens is 4. The molecular formula is C8H3ClF3N. The summed E-state index contributed by atoms with van der Waals surface area (Å²) < 4.78 is 36.5. The van der Waals surface area contributed by atoms with Gasteiger partial charge in [0.25, 0.3) is 0 Å². The van der Waals surface area contributed by atoms with Gasteiger partial charge in [-0.2, -0.15) is 13.2 Å². The molecule has 1 aromatic carbocycles. The smallest absolute Gasteiger partial charge is 0.237 e. The van der Waals surface area contributed by atoms with Gasteiger partial charge < -0.3 is 0 Å². The molecule has 5 heteroatoms. The third-order valence-electron chi connectivity index (χ3n) is 1.40. The molecule has 68 valence electrons. The van der Waals surface area contributed by atoms with Crippen molar-refractivity contribution in [3.63, 3.8) is 0 Å². The molecule has 1 aromatic rings. The number of alkyl halides is 3. The molecule has 0 saturated carbocycles. The Bertz CT molecular complexity index is 365. The predicted molar refractivity (Wildman–Crippen MR) is 42.7 cm³/mol. The molecule has 13 heavy (non-hydrogen) atoms. The Kier molecular flexibility index (Phi) is 2.48.